The topological polar surface area (TPSA) is 127 Å². The van der Waals surface area contributed by atoms with Gasteiger partial charge < -0.3 is 5.43 Å². The first-order valence-electron chi connectivity index (χ1n) is 5.52. The van der Waals surface area contributed by atoms with E-state index in [9.17, 15) is 18.5 Å². The summed E-state index contributed by atoms with van der Waals surface area (Å²) >= 11 is 0. The largest absolute Gasteiger partial charge is 0.323 e. The molecule has 0 radical (unpaired) electrons. The molecule has 0 bridgehead atoms. The van der Waals surface area contributed by atoms with Crippen molar-refractivity contribution in [2.24, 2.45) is 11.8 Å². The maximum absolute atomic E-state index is 12.0. The molecule has 0 heterocycles. The average molecular weight is 288 g/mol. The van der Waals surface area contributed by atoms with E-state index in [4.69, 9.17) is 5.84 Å². The molecule has 19 heavy (non-hydrogen) atoms. The van der Waals surface area contributed by atoms with Crippen LogP contribution >= 0.6 is 0 Å². The predicted molar refractivity (Wildman–Crippen MR) is 70.9 cm³/mol. The Labute approximate surface area is 111 Å². The van der Waals surface area contributed by atoms with Gasteiger partial charge in [-0.2, -0.15) is 0 Å². The lowest BCUT2D eigenvalue weighted by Crippen LogP contribution is -2.28. The molecule has 1 rings (SSSR count). The van der Waals surface area contributed by atoms with Gasteiger partial charge in [-0.3, -0.25) is 16.0 Å². The Hall–Kier alpha value is -1.71. The zero-order valence-electron chi connectivity index (χ0n) is 10.6. The van der Waals surface area contributed by atoms with Crippen LogP contribution in [0.1, 0.15) is 13.8 Å². The second-order valence-electron chi connectivity index (χ2n) is 4.33. The maximum Gasteiger partial charge on any atom is 0.271 e. The summed E-state index contributed by atoms with van der Waals surface area (Å²) in [6.45, 7) is 3.99. The van der Waals surface area contributed by atoms with Crippen molar-refractivity contribution in [1.82, 2.24) is 4.72 Å². The minimum absolute atomic E-state index is 0.0227. The summed E-state index contributed by atoms with van der Waals surface area (Å²) in [4.78, 5) is 9.87. The van der Waals surface area contributed by atoms with Crippen LogP contribution in [-0.2, 0) is 10.0 Å². The van der Waals surface area contributed by atoms with Crippen molar-refractivity contribution in [2.75, 3.05) is 12.0 Å². The van der Waals surface area contributed by atoms with Crippen molar-refractivity contribution in [3.05, 3.63) is 28.3 Å². The van der Waals surface area contributed by atoms with E-state index in [-0.39, 0.29) is 28.7 Å². The van der Waals surface area contributed by atoms with Crippen LogP contribution in [0.4, 0.5) is 11.4 Å². The minimum Gasteiger partial charge on any atom is -0.323 e. The Bertz CT molecular complexity index is 571. The highest BCUT2D eigenvalue weighted by Crippen LogP contribution is 2.25. The van der Waals surface area contributed by atoms with Crippen LogP contribution in [0.3, 0.4) is 0 Å². The summed E-state index contributed by atoms with van der Waals surface area (Å²) in [6, 6.07) is 3.34. The zero-order chi connectivity index (χ0) is 14.6. The molecule has 0 amide bonds. The Kier molecular flexibility index (Phi) is 4.81. The second kappa shape index (κ2) is 5.95. The normalized spacial score (nSPS) is 11.6. The number of anilines is 1. The third kappa shape index (κ3) is 3.88. The number of non-ortho nitro benzene ring substituents is 1. The van der Waals surface area contributed by atoms with E-state index in [1.165, 1.54) is 0 Å². The summed E-state index contributed by atoms with van der Waals surface area (Å²) in [5.41, 5.74) is 1.90. The molecule has 0 saturated heterocycles. The lowest BCUT2D eigenvalue weighted by Gasteiger charge is -2.12. The number of nitrogens with zero attached hydrogens (tertiary/aromatic N) is 1. The molecule has 0 unspecified atom stereocenters. The van der Waals surface area contributed by atoms with Gasteiger partial charge in [-0.15, -0.1) is 0 Å². The summed E-state index contributed by atoms with van der Waals surface area (Å²) in [7, 11) is -3.76. The number of benzene rings is 1. The van der Waals surface area contributed by atoms with E-state index in [0.29, 0.717) is 0 Å². The first kappa shape index (κ1) is 15.3. The number of hydrazine groups is 1. The lowest BCUT2D eigenvalue weighted by atomic mass is 10.2. The third-order valence-electron chi connectivity index (χ3n) is 2.30. The monoisotopic (exact) mass is 288 g/mol. The molecule has 1 aromatic carbocycles. The number of nitrogen functional groups attached to an aromatic ring is 1. The van der Waals surface area contributed by atoms with E-state index in [2.05, 4.69) is 10.1 Å². The molecule has 0 fully saturated rings. The van der Waals surface area contributed by atoms with Crippen molar-refractivity contribution in [2.45, 2.75) is 18.7 Å². The lowest BCUT2D eigenvalue weighted by molar-refractivity contribution is -0.384. The molecule has 106 valence electrons. The van der Waals surface area contributed by atoms with Gasteiger partial charge in [0.2, 0.25) is 10.0 Å². The Morgan fingerprint density at radius 3 is 2.53 bits per heavy atom. The number of nitrogens with one attached hydrogen (secondary N) is 2. The smallest absolute Gasteiger partial charge is 0.271 e. The molecule has 0 aromatic heterocycles. The van der Waals surface area contributed by atoms with Gasteiger partial charge in [0.15, 0.2) is 0 Å². The zero-order valence-corrected chi connectivity index (χ0v) is 11.4. The fraction of sp³-hybridized carbons (Fsp3) is 0.400. The molecule has 1 aromatic rings. The predicted octanol–water partition coefficient (Wildman–Crippen LogP) is 0.815. The minimum atomic E-state index is -3.76. The van der Waals surface area contributed by atoms with Crippen LogP contribution in [0, 0.1) is 16.0 Å². The highest BCUT2D eigenvalue weighted by Gasteiger charge is 2.21. The number of sulfonamides is 1. The average Bonchev–Trinajstić information content (AvgIpc) is 2.35. The van der Waals surface area contributed by atoms with Gasteiger partial charge in [0.1, 0.15) is 4.90 Å². The molecule has 0 saturated carbocycles. The van der Waals surface area contributed by atoms with E-state index < -0.39 is 14.9 Å². The first-order chi connectivity index (χ1) is 8.77. The van der Waals surface area contributed by atoms with E-state index >= 15 is 0 Å². The molecule has 0 spiro atoms. The number of nitrogens with two attached hydrogens (primary N) is 1. The molecule has 0 aliphatic carbocycles. The van der Waals surface area contributed by atoms with Gasteiger partial charge in [0.25, 0.3) is 5.69 Å². The number of nitro benzene ring substituents is 1. The number of nitro groups is 1. The number of rotatable bonds is 6. The van der Waals surface area contributed by atoms with Crippen molar-refractivity contribution in [3.63, 3.8) is 0 Å². The number of hydrogen-bond acceptors (Lipinski definition) is 6. The standard InChI is InChI=1S/C10H16N4O4S/c1-7(2)6-12-19(17,18)10-4-3-8(14(15)16)5-9(10)13-11/h3-5,7,12-13H,6,11H2,1-2H3. The molecular weight excluding hydrogens is 272 g/mol. The fourth-order valence-electron chi connectivity index (χ4n) is 1.33. The Morgan fingerprint density at radius 2 is 2.05 bits per heavy atom. The van der Waals surface area contributed by atoms with Crippen LogP contribution in [-0.4, -0.2) is 19.9 Å². The van der Waals surface area contributed by atoms with Gasteiger partial charge >= 0.3 is 0 Å². The molecular formula is C10H16N4O4S. The molecule has 0 aliphatic rings. The second-order valence-corrected chi connectivity index (χ2v) is 6.06. The van der Waals surface area contributed by atoms with Gasteiger partial charge in [0, 0.05) is 18.7 Å². The summed E-state index contributed by atoms with van der Waals surface area (Å²) in [6.07, 6.45) is 0. The van der Waals surface area contributed by atoms with E-state index in [0.717, 1.165) is 18.2 Å². The van der Waals surface area contributed by atoms with Crippen LogP contribution < -0.4 is 16.0 Å². The molecule has 4 N–H and O–H groups in total. The summed E-state index contributed by atoms with van der Waals surface area (Å²) in [5.74, 6) is 5.35. The van der Waals surface area contributed by atoms with Gasteiger partial charge in [-0.25, -0.2) is 13.1 Å². The van der Waals surface area contributed by atoms with Crippen molar-refractivity contribution < 1.29 is 13.3 Å². The summed E-state index contributed by atoms with van der Waals surface area (Å²) < 4.78 is 26.4. The van der Waals surface area contributed by atoms with Crippen molar-refractivity contribution in [1.29, 1.82) is 0 Å². The van der Waals surface area contributed by atoms with E-state index in [1.807, 2.05) is 13.8 Å². The SMILES string of the molecule is CC(C)CNS(=O)(=O)c1ccc([N+](=O)[O-])cc1NN. The van der Waals surface area contributed by atoms with Crippen LogP contribution in [0.5, 0.6) is 0 Å². The van der Waals surface area contributed by atoms with Gasteiger partial charge in [-0.1, -0.05) is 13.8 Å². The molecule has 0 atom stereocenters. The van der Waals surface area contributed by atoms with Crippen LogP contribution in [0.25, 0.3) is 0 Å². The Balaban J connectivity index is 3.16. The summed E-state index contributed by atoms with van der Waals surface area (Å²) in [5, 5.41) is 10.6. The van der Waals surface area contributed by atoms with Gasteiger partial charge in [0.05, 0.1) is 10.6 Å². The van der Waals surface area contributed by atoms with Gasteiger partial charge in [-0.05, 0) is 12.0 Å². The third-order valence-corrected chi connectivity index (χ3v) is 3.78. The van der Waals surface area contributed by atoms with Crippen molar-refractivity contribution in [3.8, 4) is 0 Å². The van der Waals surface area contributed by atoms with E-state index in [1.54, 1.807) is 0 Å². The van der Waals surface area contributed by atoms with Crippen molar-refractivity contribution >= 4 is 21.4 Å². The quantitative estimate of drug-likeness (QED) is 0.404. The first-order valence-corrected chi connectivity index (χ1v) is 7.01. The number of hydrogen-bond donors (Lipinski definition) is 3. The highest BCUT2D eigenvalue weighted by atomic mass is 32.2. The molecule has 8 nitrogen and oxygen atoms in total. The molecule has 9 heteroatoms. The Morgan fingerprint density at radius 1 is 1.42 bits per heavy atom. The highest BCUT2D eigenvalue weighted by molar-refractivity contribution is 7.89. The molecule has 0 aliphatic heterocycles. The van der Waals surface area contributed by atoms with Crippen LogP contribution in [0.15, 0.2) is 23.1 Å². The van der Waals surface area contributed by atoms with Crippen LogP contribution in [0.2, 0.25) is 0 Å². The fourth-order valence-corrected chi connectivity index (χ4v) is 2.70. The maximum atomic E-state index is 12.0.